The number of carbonyl (C=O) groups excluding carboxylic acids is 2. The van der Waals surface area contributed by atoms with Gasteiger partial charge in [-0.1, -0.05) is 81.4 Å². The van der Waals surface area contributed by atoms with Gasteiger partial charge in [0.1, 0.15) is 0 Å². The van der Waals surface area contributed by atoms with Crippen LogP contribution in [0, 0.1) is 0 Å². The summed E-state index contributed by atoms with van der Waals surface area (Å²) >= 11 is 34.6. The van der Waals surface area contributed by atoms with Crippen LogP contribution < -0.4 is 16.4 Å². The van der Waals surface area contributed by atoms with Gasteiger partial charge in [0.05, 0.1) is 32.1 Å². The Labute approximate surface area is 296 Å². The Hall–Kier alpha value is -1.23. The number of nitrogens with two attached hydrogens (primary N) is 1. The van der Waals surface area contributed by atoms with Crippen LogP contribution in [0.25, 0.3) is 0 Å². The molecular formula is C25H19Cl6F6N3O2S3. The molecule has 0 aliphatic rings. The Morgan fingerprint density at radius 2 is 0.956 bits per heavy atom. The average Bonchev–Trinajstić information content (AvgIpc) is 2.82. The number of thioether (sulfide) groups is 3. The molecule has 5 nitrogen and oxygen atoms in total. The lowest BCUT2D eigenvalue weighted by molar-refractivity contribution is -0.115. The molecule has 3 aromatic carbocycles. The number of anilines is 3. The number of carbonyl (C=O) groups is 2. The zero-order chi connectivity index (χ0) is 34.8. The number of rotatable bonds is 5. The van der Waals surface area contributed by atoms with Crippen LogP contribution in [0.3, 0.4) is 0 Å². The number of nitrogens with one attached hydrogen (secondary N) is 2. The van der Waals surface area contributed by atoms with Crippen molar-refractivity contribution in [3.05, 3.63) is 69.7 Å². The van der Waals surface area contributed by atoms with E-state index in [2.05, 4.69) is 10.6 Å². The van der Waals surface area contributed by atoms with Crippen LogP contribution in [0.2, 0.25) is 15.1 Å². The normalized spacial score (nSPS) is 11.4. The first-order chi connectivity index (χ1) is 20.4. The number of hydrogen-bond acceptors (Lipinski definition) is 6. The fourth-order valence-electron chi connectivity index (χ4n) is 2.67. The van der Waals surface area contributed by atoms with E-state index in [9.17, 15) is 35.9 Å². The standard InChI is InChI=1S/C9H7Cl4NOS.C9H7ClF3NOS.C7H5ClF3NS/c2*1-5(15)14-8-3-2-6(4-7(8)10)16-9(11,12)13;8-5-3-4(1-2-6(5)12)13-7(9,10)11/h2*2-4H,1H3,(H,14,15);1-3H,12H2. The van der Waals surface area contributed by atoms with Gasteiger partial charge in [0.2, 0.25) is 14.9 Å². The quantitative estimate of drug-likeness (QED) is 0.103. The Morgan fingerprint density at radius 1 is 0.622 bits per heavy atom. The second-order valence-corrected chi connectivity index (χ2v) is 15.7. The van der Waals surface area contributed by atoms with Crippen molar-refractivity contribution in [2.45, 2.75) is 42.7 Å². The van der Waals surface area contributed by atoms with Crippen LogP contribution in [0.15, 0.2) is 69.3 Å². The van der Waals surface area contributed by atoms with Crippen molar-refractivity contribution in [1.29, 1.82) is 0 Å². The van der Waals surface area contributed by atoms with Gasteiger partial charge in [-0.05, 0) is 78.1 Å². The largest absolute Gasteiger partial charge is 0.446 e. The topological polar surface area (TPSA) is 84.2 Å². The number of hydrogen-bond donors (Lipinski definition) is 3. The number of nitrogen functional groups attached to an aromatic ring is 1. The Morgan fingerprint density at radius 3 is 1.24 bits per heavy atom. The molecule has 0 aliphatic carbocycles. The highest BCUT2D eigenvalue weighted by Gasteiger charge is 2.30. The Balaban J connectivity index is 0.000000340. The van der Waals surface area contributed by atoms with E-state index in [0.29, 0.717) is 21.3 Å². The molecular weight excluding hydrogens is 797 g/mol. The molecule has 0 aliphatic heterocycles. The van der Waals surface area contributed by atoms with Gasteiger partial charge in [-0.3, -0.25) is 9.59 Å². The summed E-state index contributed by atoms with van der Waals surface area (Å²) in [5, 5.41) is 5.59. The monoisotopic (exact) mass is 813 g/mol. The SMILES string of the molecule is CC(=O)Nc1ccc(SC(Cl)(Cl)Cl)cc1Cl.CC(=O)Nc1ccc(SC(F)(F)F)cc1Cl.Nc1ccc(SC(F)(F)F)cc1Cl. The Kier molecular flexibility index (Phi) is 17.0. The second-order valence-electron chi connectivity index (χ2n) is 7.97. The van der Waals surface area contributed by atoms with E-state index in [1.165, 1.54) is 44.2 Å². The molecule has 0 spiro atoms. The molecule has 0 heterocycles. The molecule has 2 amide bonds. The summed E-state index contributed by atoms with van der Waals surface area (Å²) in [6.45, 7) is 2.69. The van der Waals surface area contributed by atoms with Crippen LogP contribution in [0.1, 0.15) is 13.8 Å². The fourth-order valence-corrected chi connectivity index (χ4v) is 6.05. The van der Waals surface area contributed by atoms with E-state index in [4.69, 9.17) is 75.3 Å². The minimum atomic E-state index is -4.35. The molecule has 45 heavy (non-hydrogen) atoms. The first-order valence-corrected chi connectivity index (χ1v) is 16.1. The zero-order valence-corrected chi connectivity index (χ0v) is 29.3. The van der Waals surface area contributed by atoms with E-state index in [1.54, 1.807) is 18.2 Å². The molecule has 0 atom stereocenters. The van der Waals surface area contributed by atoms with Crippen molar-refractivity contribution in [2.24, 2.45) is 0 Å². The summed E-state index contributed by atoms with van der Waals surface area (Å²) in [5.74, 6) is -0.526. The van der Waals surface area contributed by atoms with Crippen LogP contribution in [0.4, 0.5) is 43.4 Å². The minimum absolute atomic E-state index is 0.0217. The highest BCUT2D eigenvalue weighted by atomic mass is 35.6. The van der Waals surface area contributed by atoms with Crippen molar-refractivity contribution >= 4 is 134 Å². The highest BCUT2D eigenvalue weighted by Crippen LogP contribution is 2.45. The van der Waals surface area contributed by atoms with Crippen molar-refractivity contribution in [3.8, 4) is 0 Å². The zero-order valence-electron chi connectivity index (χ0n) is 22.4. The number of amides is 2. The molecule has 20 heteroatoms. The molecule has 0 bridgehead atoms. The fraction of sp³-hybridized carbons (Fsp3) is 0.200. The van der Waals surface area contributed by atoms with Gasteiger partial charge in [-0.15, -0.1) is 0 Å². The molecule has 0 unspecified atom stereocenters. The molecule has 3 rings (SSSR count). The van der Waals surface area contributed by atoms with E-state index in [-0.39, 0.29) is 60.9 Å². The first-order valence-electron chi connectivity index (χ1n) is 11.4. The number of alkyl halides is 9. The lowest BCUT2D eigenvalue weighted by Crippen LogP contribution is -2.06. The van der Waals surface area contributed by atoms with Crippen molar-refractivity contribution in [1.82, 2.24) is 0 Å². The lowest BCUT2D eigenvalue weighted by atomic mass is 10.3. The summed E-state index contributed by atoms with van der Waals surface area (Å²) in [7, 11) is 0. The van der Waals surface area contributed by atoms with Crippen molar-refractivity contribution in [2.75, 3.05) is 16.4 Å². The number of halogens is 12. The third-order valence-corrected chi connectivity index (χ3v) is 7.99. The minimum Gasteiger partial charge on any atom is -0.398 e. The maximum Gasteiger partial charge on any atom is 0.446 e. The highest BCUT2D eigenvalue weighted by molar-refractivity contribution is 8.04. The summed E-state index contributed by atoms with van der Waals surface area (Å²) in [6, 6.07) is 12.5. The van der Waals surface area contributed by atoms with Crippen molar-refractivity contribution in [3.63, 3.8) is 0 Å². The second kappa shape index (κ2) is 18.3. The summed E-state index contributed by atoms with van der Waals surface area (Å²) in [6.07, 6.45) is 0. The van der Waals surface area contributed by atoms with Gasteiger partial charge in [-0.2, -0.15) is 26.3 Å². The van der Waals surface area contributed by atoms with Crippen LogP contribution in [0.5, 0.6) is 0 Å². The molecule has 0 saturated carbocycles. The predicted molar refractivity (Wildman–Crippen MR) is 177 cm³/mol. The molecule has 3 aromatic rings. The predicted octanol–water partition coefficient (Wildman–Crippen LogP) is 12.2. The van der Waals surface area contributed by atoms with Gasteiger partial charge in [0.15, 0.2) is 0 Å². The molecule has 4 N–H and O–H groups in total. The number of benzene rings is 3. The molecule has 0 aromatic heterocycles. The van der Waals surface area contributed by atoms with Gasteiger partial charge in [0.25, 0.3) is 0 Å². The van der Waals surface area contributed by atoms with Gasteiger partial charge >= 0.3 is 11.0 Å². The van der Waals surface area contributed by atoms with Crippen LogP contribution >= 0.6 is 105 Å². The average molecular weight is 816 g/mol. The first kappa shape index (κ1) is 41.8. The lowest BCUT2D eigenvalue weighted by Gasteiger charge is -2.11. The maximum absolute atomic E-state index is 12.0. The van der Waals surface area contributed by atoms with Crippen LogP contribution in [-0.2, 0) is 9.59 Å². The third-order valence-electron chi connectivity index (χ3n) is 4.18. The van der Waals surface area contributed by atoms with E-state index in [1.807, 2.05) is 0 Å². The maximum atomic E-state index is 12.0. The summed E-state index contributed by atoms with van der Waals surface area (Å²) in [5.41, 5.74) is -2.22. The van der Waals surface area contributed by atoms with Gasteiger partial charge in [0, 0.05) is 28.5 Å². The summed E-state index contributed by atoms with van der Waals surface area (Å²) < 4.78 is 70.3. The molecule has 0 fully saturated rings. The van der Waals surface area contributed by atoms with Gasteiger partial charge in [-0.25, -0.2) is 0 Å². The van der Waals surface area contributed by atoms with E-state index in [0.717, 1.165) is 17.8 Å². The third kappa shape index (κ3) is 19.3. The Bertz CT molecular complexity index is 1400. The molecule has 0 radical (unpaired) electrons. The van der Waals surface area contributed by atoms with E-state index >= 15 is 0 Å². The van der Waals surface area contributed by atoms with Crippen LogP contribution in [-0.4, -0.2) is 26.0 Å². The smallest absolute Gasteiger partial charge is 0.398 e. The summed E-state index contributed by atoms with van der Waals surface area (Å²) in [4.78, 5) is 22.3. The van der Waals surface area contributed by atoms with Gasteiger partial charge < -0.3 is 16.4 Å². The van der Waals surface area contributed by atoms with Crippen molar-refractivity contribution < 1.29 is 35.9 Å². The molecule has 248 valence electrons. The van der Waals surface area contributed by atoms with E-state index < -0.39 is 14.1 Å². The molecule has 0 saturated heterocycles.